The number of amides is 2. The van der Waals surface area contributed by atoms with Crippen molar-refractivity contribution in [1.82, 2.24) is 9.88 Å². The molecule has 0 saturated carbocycles. The molecule has 0 spiro atoms. The number of hydrogen-bond donors (Lipinski definition) is 1. The Morgan fingerprint density at radius 1 is 1.50 bits per heavy atom. The van der Waals surface area contributed by atoms with Gasteiger partial charge in [-0.05, 0) is 25.3 Å². The minimum Gasteiger partial charge on any atom is -0.481 e. The van der Waals surface area contributed by atoms with Gasteiger partial charge in [0, 0.05) is 36.8 Å². The van der Waals surface area contributed by atoms with Gasteiger partial charge in [-0.2, -0.15) is 0 Å². The van der Waals surface area contributed by atoms with Crippen molar-refractivity contribution < 1.29 is 14.3 Å². The van der Waals surface area contributed by atoms with Crippen molar-refractivity contribution >= 4 is 11.8 Å². The molecule has 6 nitrogen and oxygen atoms in total. The lowest BCUT2D eigenvalue weighted by Gasteiger charge is -2.17. The summed E-state index contributed by atoms with van der Waals surface area (Å²) in [6.45, 7) is 3.05. The molecule has 1 aromatic rings. The first-order chi connectivity index (χ1) is 9.49. The number of aryl methyl sites for hydroxylation is 1. The van der Waals surface area contributed by atoms with E-state index in [9.17, 15) is 9.59 Å². The zero-order chi connectivity index (χ0) is 14.7. The zero-order valence-electron chi connectivity index (χ0n) is 11.8. The second-order valence-corrected chi connectivity index (χ2v) is 5.12. The molecule has 0 radical (unpaired) electrons. The third-order valence-corrected chi connectivity index (χ3v) is 3.45. The number of carbonyl (C=O) groups is 2. The second-order valence-electron chi connectivity index (χ2n) is 5.12. The van der Waals surface area contributed by atoms with E-state index in [1.807, 2.05) is 6.92 Å². The van der Waals surface area contributed by atoms with Crippen LogP contribution in [0.5, 0.6) is 5.88 Å². The van der Waals surface area contributed by atoms with Gasteiger partial charge < -0.3 is 15.4 Å². The Kier molecular flexibility index (Phi) is 4.22. The number of nitrogens with two attached hydrogens (primary N) is 1. The first-order valence-electron chi connectivity index (χ1n) is 6.60. The minimum absolute atomic E-state index is 0.0548. The number of pyridine rings is 1. The molecule has 1 aromatic heterocycles. The number of rotatable bonds is 4. The van der Waals surface area contributed by atoms with E-state index in [1.165, 1.54) is 7.11 Å². The number of carbonyl (C=O) groups excluding carboxylic acids is 2. The van der Waals surface area contributed by atoms with Crippen LogP contribution in [-0.4, -0.2) is 41.9 Å². The Bertz CT molecular complexity index is 530. The van der Waals surface area contributed by atoms with E-state index in [2.05, 4.69) is 4.98 Å². The van der Waals surface area contributed by atoms with Gasteiger partial charge in [-0.1, -0.05) is 0 Å². The van der Waals surface area contributed by atoms with Gasteiger partial charge >= 0.3 is 0 Å². The van der Waals surface area contributed by atoms with Crippen molar-refractivity contribution in [2.75, 3.05) is 20.2 Å². The zero-order valence-corrected chi connectivity index (χ0v) is 11.8. The number of hydrogen-bond acceptors (Lipinski definition) is 4. The van der Waals surface area contributed by atoms with E-state index >= 15 is 0 Å². The van der Waals surface area contributed by atoms with Crippen LogP contribution in [0.3, 0.4) is 0 Å². The number of ether oxygens (including phenoxy) is 1. The molecule has 20 heavy (non-hydrogen) atoms. The van der Waals surface area contributed by atoms with Gasteiger partial charge in [-0.15, -0.1) is 0 Å². The molecule has 2 N–H and O–H groups in total. The predicted molar refractivity (Wildman–Crippen MR) is 73.3 cm³/mol. The molecule has 0 aromatic carbocycles. The molecule has 2 heterocycles. The van der Waals surface area contributed by atoms with Gasteiger partial charge in [-0.25, -0.2) is 4.98 Å². The van der Waals surface area contributed by atoms with Gasteiger partial charge in [0.2, 0.25) is 11.8 Å². The average molecular weight is 277 g/mol. The molecule has 6 heteroatoms. The molecule has 0 aliphatic carbocycles. The summed E-state index contributed by atoms with van der Waals surface area (Å²) in [6.07, 6.45) is 1.15. The smallest absolute Gasteiger partial charge is 0.254 e. The third-order valence-electron chi connectivity index (χ3n) is 3.45. The van der Waals surface area contributed by atoms with Crippen LogP contribution < -0.4 is 10.5 Å². The average Bonchev–Trinajstić information content (AvgIpc) is 2.84. The van der Waals surface area contributed by atoms with Gasteiger partial charge in [0.25, 0.3) is 5.91 Å². The summed E-state index contributed by atoms with van der Waals surface area (Å²) in [4.78, 5) is 29.3. The predicted octanol–water partition coefficient (Wildman–Crippen LogP) is 0.736. The van der Waals surface area contributed by atoms with Crippen molar-refractivity contribution in [2.45, 2.75) is 19.8 Å². The Morgan fingerprint density at radius 2 is 2.25 bits per heavy atom. The molecule has 2 rings (SSSR count). The Balaban J connectivity index is 2.09. The highest BCUT2D eigenvalue weighted by atomic mass is 16.5. The largest absolute Gasteiger partial charge is 0.481 e. The lowest BCUT2D eigenvalue weighted by atomic mass is 10.1. The minimum atomic E-state index is -0.314. The molecule has 1 unspecified atom stereocenters. The summed E-state index contributed by atoms with van der Waals surface area (Å²) in [5.41, 5.74) is 6.50. The van der Waals surface area contributed by atoms with Crippen molar-refractivity contribution in [1.29, 1.82) is 0 Å². The molecule has 0 bridgehead atoms. The standard InChI is InChI=1S/C14H19N3O3/c1-9-5-11(7-13(16-9)20-2)14(19)17-4-3-10(8-17)6-12(15)18/h5,7,10H,3-4,6,8H2,1-2H3,(H2,15,18). The summed E-state index contributed by atoms with van der Waals surface area (Å²) >= 11 is 0. The molecular formula is C14H19N3O3. The second kappa shape index (κ2) is 5.90. The lowest BCUT2D eigenvalue weighted by molar-refractivity contribution is -0.118. The lowest BCUT2D eigenvalue weighted by Crippen LogP contribution is -2.29. The summed E-state index contributed by atoms with van der Waals surface area (Å²) < 4.78 is 5.08. The van der Waals surface area contributed by atoms with Gasteiger partial charge in [-0.3, -0.25) is 9.59 Å². The Hall–Kier alpha value is -2.11. The maximum absolute atomic E-state index is 12.4. The van der Waals surface area contributed by atoms with Crippen LogP contribution in [0.2, 0.25) is 0 Å². The molecule has 108 valence electrons. The number of methoxy groups -OCH3 is 1. The fourth-order valence-corrected chi connectivity index (χ4v) is 2.52. The maximum atomic E-state index is 12.4. The molecule has 1 fully saturated rings. The van der Waals surface area contributed by atoms with Crippen molar-refractivity contribution in [3.63, 3.8) is 0 Å². The fourth-order valence-electron chi connectivity index (χ4n) is 2.52. The maximum Gasteiger partial charge on any atom is 0.254 e. The van der Waals surface area contributed by atoms with Gasteiger partial charge in [0.15, 0.2) is 0 Å². The highest BCUT2D eigenvalue weighted by Crippen LogP contribution is 2.22. The van der Waals surface area contributed by atoms with Crippen LogP contribution >= 0.6 is 0 Å². The quantitative estimate of drug-likeness (QED) is 0.879. The van der Waals surface area contributed by atoms with Crippen LogP contribution in [0.15, 0.2) is 12.1 Å². The van der Waals surface area contributed by atoms with E-state index in [0.717, 1.165) is 12.1 Å². The van der Waals surface area contributed by atoms with Crippen molar-refractivity contribution in [3.8, 4) is 5.88 Å². The van der Waals surface area contributed by atoms with E-state index in [0.29, 0.717) is 31.0 Å². The first-order valence-corrected chi connectivity index (χ1v) is 6.60. The molecule has 1 atom stereocenters. The van der Waals surface area contributed by atoms with Crippen LogP contribution in [0.4, 0.5) is 0 Å². The van der Waals surface area contributed by atoms with Crippen LogP contribution in [0.1, 0.15) is 28.9 Å². The first kappa shape index (κ1) is 14.3. The third kappa shape index (κ3) is 3.26. The van der Waals surface area contributed by atoms with Crippen LogP contribution in [0, 0.1) is 12.8 Å². The van der Waals surface area contributed by atoms with E-state index in [1.54, 1.807) is 17.0 Å². The molecule has 2 amide bonds. The van der Waals surface area contributed by atoms with Crippen LogP contribution in [-0.2, 0) is 4.79 Å². The normalized spacial score (nSPS) is 18.1. The van der Waals surface area contributed by atoms with E-state index < -0.39 is 0 Å². The Labute approximate surface area is 117 Å². The summed E-state index contributed by atoms with van der Waals surface area (Å²) in [6, 6.07) is 3.38. The molecule has 1 aliphatic rings. The van der Waals surface area contributed by atoms with Crippen LogP contribution in [0.25, 0.3) is 0 Å². The van der Waals surface area contributed by atoms with Gasteiger partial charge in [0.1, 0.15) is 0 Å². The number of nitrogens with zero attached hydrogens (tertiary/aromatic N) is 2. The number of aromatic nitrogens is 1. The molecule has 1 saturated heterocycles. The summed E-state index contributed by atoms with van der Waals surface area (Å²) in [7, 11) is 1.52. The van der Waals surface area contributed by atoms with Gasteiger partial charge in [0.05, 0.1) is 7.11 Å². The van der Waals surface area contributed by atoms with Crippen molar-refractivity contribution in [3.05, 3.63) is 23.4 Å². The monoisotopic (exact) mass is 277 g/mol. The number of primary amides is 1. The molecule has 1 aliphatic heterocycles. The Morgan fingerprint density at radius 3 is 2.90 bits per heavy atom. The van der Waals surface area contributed by atoms with Crippen molar-refractivity contribution in [2.24, 2.45) is 11.7 Å². The highest BCUT2D eigenvalue weighted by Gasteiger charge is 2.28. The summed E-state index contributed by atoms with van der Waals surface area (Å²) in [5, 5.41) is 0. The summed E-state index contributed by atoms with van der Waals surface area (Å²) in [5.74, 6) is 0.231. The topological polar surface area (TPSA) is 85.5 Å². The highest BCUT2D eigenvalue weighted by molar-refractivity contribution is 5.94. The SMILES string of the molecule is COc1cc(C(=O)N2CCC(CC(N)=O)C2)cc(C)n1. The van der Waals surface area contributed by atoms with E-state index in [-0.39, 0.29) is 17.7 Å². The molecular weight excluding hydrogens is 258 g/mol. The fraction of sp³-hybridized carbons (Fsp3) is 0.500. The van der Waals surface area contributed by atoms with E-state index in [4.69, 9.17) is 10.5 Å². The number of likely N-dealkylation sites (tertiary alicyclic amines) is 1.